The summed E-state index contributed by atoms with van der Waals surface area (Å²) in [6.07, 6.45) is 3.38. The Morgan fingerprint density at radius 3 is 2.71 bits per heavy atom. The second-order valence-electron chi connectivity index (χ2n) is 7.62. The minimum Gasteiger partial charge on any atom is -0.383 e. The van der Waals surface area contributed by atoms with E-state index in [0.717, 1.165) is 32.7 Å². The molecular formula is C20H30N2O2. The molecular weight excluding hydrogens is 300 g/mol. The summed E-state index contributed by atoms with van der Waals surface area (Å²) in [6, 6.07) is 8.89. The lowest BCUT2D eigenvalue weighted by Crippen LogP contribution is -2.43. The first-order valence-electron chi connectivity index (χ1n) is 9.17. The minimum atomic E-state index is 0.0320. The molecule has 1 heterocycles. The normalized spacial score (nSPS) is 22.8. The Morgan fingerprint density at radius 2 is 2.04 bits per heavy atom. The molecule has 24 heavy (non-hydrogen) atoms. The van der Waals surface area contributed by atoms with Crippen LogP contribution in [0.25, 0.3) is 0 Å². The van der Waals surface area contributed by atoms with Gasteiger partial charge in [0.1, 0.15) is 0 Å². The number of hydrogen-bond donors (Lipinski definition) is 1. The molecule has 1 N–H and O–H groups in total. The molecule has 1 fully saturated rings. The lowest BCUT2D eigenvalue weighted by atomic mass is 9.73. The van der Waals surface area contributed by atoms with Gasteiger partial charge in [-0.1, -0.05) is 38.1 Å². The second-order valence-corrected chi connectivity index (χ2v) is 7.62. The van der Waals surface area contributed by atoms with E-state index in [2.05, 4.69) is 34.5 Å². The molecule has 3 rings (SSSR count). The molecule has 0 unspecified atom stereocenters. The first-order chi connectivity index (χ1) is 11.6. The van der Waals surface area contributed by atoms with Crippen molar-refractivity contribution in [2.75, 3.05) is 33.4 Å². The lowest BCUT2D eigenvalue weighted by Gasteiger charge is -2.40. The number of hydrogen-bond acceptors (Lipinski definition) is 3. The lowest BCUT2D eigenvalue weighted by molar-refractivity contribution is -0.124. The number of methoxy groups -OCH3 is 1. The van der Waals surface area contributed by atoms with Gasteiger partial charge >= 0.3 is 0 Å². The Balaban J connectivity index is 1.75. The minimum absolute atomic E-state index is 0.0320. The van der Waals surface area contributed by atoms with E-state index in [1.165, 1.54) is 24.0 Å². The number of fused-ring (bicyclic) bond motifs is 2. The number of benzene rings is 1. The van der Waals surface area contributed by atoms with E-state index in [1.54, 1.807) is 7.11 Å². The summed E-state index contributed by atoms with van der Waals surface area (Å²) in [5.74, 6) is 0.189. The Labute approximate surface area is 145 Å². The van der Waals surface area contributed by atoms with Crippen molar-refractivity contribution in [2.24, 2.45) is 5.92 Å². The van der Waals surface area contributed by atoms with Gasteiger partial charge < -0.3 is 15.0 Å². The average Bonchev–Trinajstić information content (AvgIpc) is 2.88. The van der Waals surface area contributed by atoms with Crippen LogP contribution in [0, 0.1) is 5.92 Å². The van der Waals surface area contributed by atoms with Crippen LogP contribution in [-0.2, 0) is 14.9 Å². The number of carbonyl (C=O) groups excluding carboxylic acids is 1. The van der Waals surface area contributed by atoms with Crippen LogP contribution in [-0.4, -0.2) is 44.2 Å². The molecule has 1 aromatic rings. The van der Waals surface area contributed by atoms with Gasteiger partial charge in [0.2, 0.25) is 5.91 Å². The van der Waals surface area contributed by atoms with Crippen molar-refractivity contribution in [1.82, 2.24) is 10.2 Å². The van der Waals surface area contributed by atoms with Crippen LogP contribution in [0.5, 0.6) is 0 Å². The van der Waals surface area contributed by atoms with E-state index in [0.29, 0.717) is 0 Å². The monoisotopic (exact) mass is 330 g/mol. The number of rotatable bonds is 5. The molecule has 1 spiro atoms. The molecule has 1 amide bonds. The molecule has 4 heteroatoms. The number of likely N-dealkylation sites (tertiary alicyclic amines) is 1. The van der Waals surface area contributed by atoms with Gasteiger partial charge in [0.15, 0.2) is 0 Å². The highest BCUT2D eigenvalue weighted by atomic mass is 16.5. The van der Waals surface area contributed by atoms with Crippen molar-refractivity contribution in [3.63, 3.8) is 0 Å². The highest BCUT2D eigenvalue weighted by Crippen LogP contribution is 2.50. The van der Waals surface area contributed by atoms with E-state index in [-0.39, 0.29) is 23.3 Å². The largest absolute Gasteiger partial charge is 0.383 e. The molecule has 4 nitrogen and oxygen atoms in total. The van der Waals surface area contributed by atoms with Crippen LogP contribution in [0.4, 0.5) is 0 Å². The summed E-state index contributed by atoms with van der Waals surface area (Å²) >= 11 is 0. The van der Waals surface area contributed by atoms with Gasteiger partial charge in [-0.15, -0.1) is 0 Å². The van der Waals surface area contributed by atoms with Gasteiger partial charge in [-0.25, -0.2) is 0 Å². The summed E-state index contributed by atoms with van der Waals surface area (Å²) in [6.45, 7) is 7.96. The van der Waals surface area contributed by atoms with Crippen molar-refractivity contribution in [2.45, 2.75) is 44.6 Å². The number of piperidine rings is 1. The Hall–Kier alpha value is -1.39. The fourth-order valence-electron chi connectivity index (χ4n) is 4.26. The highest BCUT2D eigenvalue weighted by molar-refractivity contribution is 5.78. The topological polar surface area (TPSA) is 41.6 Å². The fourth-order valence-corrected chi connectivity index (χ4v) is 4.26. The number of nitrogens with zero attached hydrogens (tertiary/aromatic N) is 1. The summed E-state index contributed by atoms with van der Waals surface area (Å²) < 4.78 is 5.21. The summed E-state index contributed by atoms with van der Waals surface area (Å²) in [7, 11) is 1.76. The Bertz CT molecular complexity index is 577. The molecule has 0 saturated carbocycles. The Kier molecular flexibility index (Phi) is 5.26. The predicted octanol–water partition coefficient (Wildman–Crippen LogP) is 2.88. The maximum atomic E-state index is 12.2. The van der Waals surface area contributed by atoms with Crippen molar-refractivity contribution in [3.8, 4) is 0 Å². The molecule has 0 aromatic heterocycles. The van der Waals surface area contributed by atoms with E-state index in [1.807, 2.05) is 13.8 Å². The average molecular weight is 330 g/mol. The van der Waals surface area contributed by atoms with Gasteiger partial charge in [0.05, 0.1) is 12.6 Å². The van der Waals surface area contributed by atoms with Gasteiger partial charge in [-0.2, -0.15) is 0 Å². The zero-order chi connectivity index (χ0) is 17.2. The van der Waals surface area contributed by atoms with Crippen molar-refractivity contribution in [1.29, 1.82) is 0 Å². The van der Waals surface area contributed by atoms with Crippen LogP contribution >= 0.6 is 0 Å². The third kappa shape index (κ3) is 3.35. The maximum Gasteiger partial charge on any atom is 0.223 e. The van der Waals surface area contributed by atoms with Gasteiger partial charge in [0.25, 0.3) is 0 Å². The van der Waals surface area contributed by atoms with Crippen LogP contribution in [0.2, 0.25) is 0 Å². The molecule has 132 valence electrons. The SMILES string of the molecule is COCCN1CCC2(CC1)C[C@H](NC(=O)C(C)C)c1ccccc12. The van der Waals surface area contributed by atoms with Crippen LogP contribution in [0.3, 0.4) is 0 Å². The zero-order valence-corrected chi connectivity index (χ0v) is 15.2. The van der Waals surface area contributed by atoms with E-state index in [9.17, 15) is 4.79 Å². The second kappa shape index (κ2) is 7.24. The number of carbonyl (C=O) groups is 1. The van der Waals surface area contributed by atoms with E-state index in [4.69, 9.17) is 4.74 Å². The maximum absolute atomic E-state index is 12.2. The van der Waals surface area contributed by atoms with Gasteiger partial charge in [-0.3, -0.25) is 4.79 Å². The number of nitrogens with one attached hydrogen (secondary N) is 1. The van der Waals surface area contributed by atoms with E-state index >= 15 is 0 Å². The van der Waals surface area contributed by atoms with Gasteiger partial charge in [0, 0.05) is 25.0 Å². The zero-order valence-electron chi connectivity index (χ0n) is 15.2. The summed E-state index contributed by atoms with van der Waals surface area (Å²) in [5, 5.41) is 3.28. The van der Waals surface area contributed by atoms with E-state index < -0.39 is 0 Å². The molecule has 2 aliphatic rings. The predicted molar refractivity (Wildman–Crippen MR) is 96.0 cm³/mol. The van der Waals surface area contributed by atoms with Gasteiger partial charge in [-0.05, 0) is 43.5 Å². The molecule has 0 bridgehead atoms. The van der Waals surface area contributed by atoms with Crippen molar-refractivity contribution < 1.29 is 9.53 Å². The first-order valence-corrected chi connectivity index (χ1v) is 9.17. The first kappa shape index (κ1) is 17.4. The van der Waals surface area contributed by atoms with Crippen LogP contribution in [0.15, 0.2) is 24.3 Å². The summed E-state index contributed by atoms with van der Waals surface area (Å²) in [4.78, 5) is 14.7. The molecule has 1 aliphatic heterocycles. The molecule has 1 aromatic carbocycles. The smallest absolute Gasteiger partial charge is 0.223 e. The van der Waals surface area contributed by atoms with Crippen LogP contribution < -0.4 is 5.32 Å². The van der Waals surface area contributed by atoms with Crippen LogP contribution in [0.1, 0.15) is 50.3 Å². The third-order valence-corrected chi connectivity index (χ3v) is 5.77. The van der Waals surface area contributed by atoms with Crippen molar-refractivity contribution in [3.05, 3.63) is 35.4 Å². The highest BCUT2D eigenvalue weighted by Gasteiger charge is 2.45. The molecule has 1 aliphatic carbocycles. The fraction of sp³-hybridized carbons (Fsp3) is 0.650. The molecule has 1 saturated heterocycles. The number of amides is 1. The third-order valence-electron chi connectivity index (χ3n) is 5.77. The molecule has 0 radical (unpaired) electrons. The molecule has 1 atom stereocenters. The Morgan fingerprint density at radius 1 is 1.33 bits per heavy atom. The summed E-state index contributed by atoms with van der Waals surface area (Å²) in [5.41, 5.74) is 3.03. The van der Waals surface area contributed by atoms with Crippen molar-refractivity contribution >= 4 is 5.91 Å². The quantitative estimate of drug-likeness (QED) is 0.902. The number of ether oxygens (including phenoxy) is 1. The standard InChI is InChI=1S/C20H30N2O2/c1-15(2)19(23)21-18-14-20(17-7-5-4-6-16(17)18)8-10-22(11-9-20)12-13-24-3/h4-7,15,18H,8-14H2,1-3H3,(H,21,23)/t18-/m0/s1.